The average molecular weight is 226 g/mol. The smallest absolute Gasteiger partial charge is 0.338 e. The van der Waals surface area contributed by atoms with Gasteiger partial charge in [-0.15, -0.1) is 0 Å². The van der Waals surface area contributed by atoms with Gasteiger partial charge in [0.1, 0.15) is 6.26 Å². The van der Waals surface area contributed by atoms with Gasteiger partial charge in [-0.1, -0.05) is 0 Å². The first-order valence-corrected chi connectivity index (χ1v) is 4.35. The quantitative estimate of drug-likeness (QED) is 0.638. The topological polar surface area (TPSA) is 109 Å². The molecule has 0 radical (unpaired) electrons. The monoisotopic (exact) mass is 226 g/mol. The second kappa shape index (κ2) is 4.96. The van der Waals surface area contributed by atoms with E-state index in [2.05, 4.69) is 10.6 Å². The molecule has 3 N–H and O–H groups in total. The molecule has 0 aromatic carbocycles. The van der Waals surface area contributed by atoms with Gasteiger partial charge in [0.15, 0.2) is 5.76 Å². The van der Waals surface area contributed by atoms with Gasteiger partial charge in [0.25, 0.3) is 5.91 Å². The predicted octanol–water partition coefficient (Wildman–Crippen LogP) is -0.546. The summed E-state index contributed by atoms with van der Waals surface area (Å²) in [6.45, 7) is -0.196. The standard InChI is InChI=1S/C9H10N2O5/c1-10-7(12)3-11-8(13)6-2-5(4-16-6)9(14)15/h2,4H,3H2,1H3,(H,10,12)(H,11,13)(H,14,15). The fourth-order valence-electron chi connectivity index (χ4n) is 0.904. The van der Waals surface area contributed by atoms with E-state index in [1.807, 2.05) is 0 Å². The van der Waals surface area contributed by atoms with Crippen LogP contribution in [0, 0.1) is 0 Å². The zero-order valence-corrected chi connectivity index (χ0v) is 8.44. The number of hydrogen-bond acceptors (Lipinski definition) is 4. The Balaban J connectivity index is 2.59. The zero-order chi connectivity index (χ0) is 12.1. The summed E-state index contributed by atoms with van der Waals surface area (Å²) in [5, 5.41) is 13.2. The van der Waals surface area contributed by atoms with Gasteiger partial charge in [0.2, 0.25) is 5.91 Å². The molecule has 2 amide bonds. The maximum absolute atomic E-state index is 11.3. The summed E-state index contributed by atoms with van der Waals surface area (Å²) in [6.07, 6.45) is 0.955. The highest BCUT2D eigenvalue weighted by Crippen LogP contribution is 2.07. The van der Waals surface area contributed by atoms with Gasteiger partial charge in [0, 0.05) is 13.1 Å². The SMILES string of the molecule is CNC(=O)CNC(=O)c1cc(C(=O)O)co1. The summed E-state index contributed by atoms with van der Waals surface area (Å²) in [5.74, 6) is -2.34. The largest absolute Gasteiger partial charge is 0.478 e. The Bertz CT molecular complexity index is 423. The van der Waals surface area contributed by atoms with Crippen LogP contribution in [-0.2, 0) is 4.79 Å². The third-order valence-electron chi connectivity index (χ3n) is 1.76. The van der Waals surface area contributed by atoms with Crippen molar-refractivity contribution >= 4 is 17.8 Å². The molecule has 0 aliphatic heterocycles. The highest BCUT2D eigenvalue weighted by molar-refractivity contribution is 5.97. The van der Waals surface area contributed by atoms with Crippen molar-refractivity contribution in [1.82, 2.24) is 10.6 Å². The summed E-state index contributed by atoms with van der Waals surface area (Å²) < 4.78 is 4.73. The van der Waals surface area contributed by atoms with Crippen molar-refractivity contribution in [1.29, 1.82) is 0 Å². The second-order valence-corrected chi connectivity index (χ2v) is 2.86. The molecule has 1 aromatic heterocycles. The second-order valence-electron chi connectivity index (χ2n) is 2.86. The Morgan fingerprint density at radius 3 is 2.62 bits per heavy atom. The molecule has 1 rings (SSSR count). The fraction of sp³-hybridized carbons (Fsp3) is 0.222. The molecule has 0 aliphatic rings. The van der Waals surface area contributed by atoms with E-state index in [1.54, 1.807) is 0 Å². The van der Waals surface area contributed by atoms with Crippen LogP contribution >= 0.6 is 0 Å². The van der Waals surface area contributed by atoms with Gasteiger partial charge in [-0.2, -0.15) is 0 Å². The highest BCUT2D eigenvalue weighted by Gasteiger charge is 2.14. The average Bonchev–Trinajstić information content (AvgIpc) is 2.74. The first-order chi connectivity index (χ1) is 7.54. The molecule has 0 unspecified atom stereocenters. The van der Waals surface area contributed by atoms with Gasteiger partial charge >= 0.3 is 5.97 Å². The van der Waals surface area contributed by atoms with Crippen LogP contribution in [0.2, 0.25) is 0 Å². The van der Waals surface area contributed by atoms with Crippen molar-refractivity contribution in [3.05, 3.63) is 23.7 Å². The summed E-state index contributed by atoms with van der Waals surface area (Å²) in [4.78, 5) is 32.6. The van der Waals surface area contributed by atoms with E-state index < -0.39 is 11.9 Å². The lowest BCUT2D eigenvalue weighted by atomic mass is 10.3. The Hall–Kier alpha value is -2.31. The van der Waals surface area contributed by atoms with Crippen LogP contribution in [0.15, 0.2) is 16.7 Å². The van der Waals surface area contributed by atoms with Gasteiger partial charge in [-0.25, -0.2) is 4.79 Å². The number of carboxylic acids is 1. The van der Waals surface area contributed by atoms with Crippen LogP contribution in [0.5, 0.6) is 0 Å². The number of nitrogens with one attached hydrogen (secondary N) is 2. The zero-order valence-electron chi connectivity index (χ0n) is 8.44. The number of aromatic carboxylic acids is 1. The molecule has 0 atom stereocenters. The van der Waals surface area contributed by atoms with Crippen LogP contribution < -0.4 is 10.6 Å². The number of hydrogen-bond donors (Lipinski definition) is 3. The summed E-state index contributed by atoms with van der Waals surface area (Å²) >= 11 is 0. The van der Waals surface area contributed by atoms with Gasteiger partial charge in [0.05, 0.1) is 12.1 Å². The van der Waals surface area contributed by atoms with Gasteiger partial charge < -0.3 is 20.2 Å². The first kappa shape index (κ1) is 11.8. The third-order valence-corrected chi connectivity index (χ3v) is 1.76. The molecule has 1 heterocycles. The maximum atomic E-state index is 11.3. The van der Waals surface area contributed by atoms with Crippen molar-refractivity contribution in [3.8, 4) is 0 Å². The molecule has 0 bridgehead atoms. The highest BCUT2D eigenvalue weighted by atomic mass is 16.4. The number of amides is 2. The van der Waals surface area contributed by atoms with Crippen LogP contribution in [-0.4, -0.2) is 36.5 Å². The van der Waals surface area contributed by atoms with E-state index >= 15 is 0 Å². The third kappa shape index (κ3) is 2.84. The van der Waals surface area contributed by atoms with E-state index in [0.29, 0.717) is 0 Å². The number of carboxylic acid groups (broad SMARTS) is 1. The maximum Gasteiger partial charge on any atom is 0.338 e. The Labute approximate surface area is 90.4 Å². The van der Waals surface area contributed by atoms with E-state index in [0.717, 1.165) is 12.3 Å². The minimum absolute atomic E-state index is 0.120. The fourth-order valence-corrected chi connectivity index (χ4v) is 0.904. The van der Waals surface area contributed by atoms with Gasteiger partial charge in [-0.05, 0) is 0 Å². The number of furan rings is 1. The van der Waals surface area contributed by atoms with E-state index in [9.17, 15) is 14.4 Å². The summed E-state index contributed by atoms with van der Waals surface area (Å²) in [6, 6.07) is 1.08. The molecule has 7 heteroatoms. The van der Waals surface area contributed by atoms with Crippen LogP contribution in [0.3, 0.4) is 0 Å². The number of likely N-dealkylation sites (N-methyl/N-ethyl adjacent to an activating group) is 1. The molecule has 1 aromatic rings. The Morgan fingerprint density at radius 2 is 2.12 bits per heavy atom. The van der Waals surface area contributed by atoms with E-state index in [1.165, 1.54) is 7.05 Å². The molecule has 16 heavy (non-hydrogen) atoms. The van der Waals surface area contributed by atoms with Crippen molar-refractivity contribution in [2.45, 2.75) is 0 Å². The lowest BCUT2D eigenvalue weighted by Gasteiger charge is -2.00. The minimum Gasteiger partial charge on any atom is -0.478 e. The molecule has 0 saturated heterocycles. The molecular weight excluding hydrogens is 216 g/mol. The van der Waals surface area contributed by atoms with E-state index in [4.69, 9.17) is 9.52 Å². The normalized spacial score (nSPS) is 9.56. The molecule has 0 saturated carbocycles. The first-order valence-electron chi connectivity index (χ1n) is 4.35. The Kier molecular flexibility index (Phi) is 3.65. The molecule has 7 nitrogen and oxygen atoms in total. The molecule has 0 fully saturated rings. The summed E-state index contributed by atoms with van der Waals surface area (Å²) in [5.41, 5.74) is -0.120. The molecular formula is C9H10N2O5. The van der Waals surface area contributed by atoms with Crippen LogP contribution in [0.1, 0.15) is 20.9 Å². The van der Waals surface area contributed by atoms with Crippen molar-refractivity contribution < 1.29 is 23.9 Å². The minimum atomic E-state index is -1.19. The van der Waals surface area contributed by atoms with Crippen molar-refractivity contribution in [2.24, 2.45) is 0 Å². The van der Waals surface area contributed by atoms with Crippen molar-refractivity contribution in [3.63, 3.8) is 0 Å². The lowest BCUT2D eigenvalue weighted by Crippen LogP contribution is -2.34. The van der Waals surface area contributed by atoms with Crippen LogP contribution in [0.25, 0.3) is 0 Å². The molecule has 0 aliphatic carbocycles. The van der Waals surface area contributed by atoms with Gasteiger partial charge in [-0.3, -0.25) is 9.59 Å². The Morgan fingerprint density at radius 1 is 1.44 bits per heavy atom. The van der Waals surface area contributed by atoms with Crippen LogP contribution in [0.4, 0.5) is 0 Å². The molecule has 0 spiro atoms. The number of rotatable bonds is 4. The van der Waals surface area contributed by atoms with E-state index in [-0.39, 0.29) is 23.8 Å². The number of carbonyl (C=O) groups excluding carboxylic acids is 2. The molecule has 86 valence electrons. The number of carbonyl (C=O) groups is 3. The predicted molar refractivity (Wildman–Crippen MR) is 52.1 cm³/mol. The summed E-state index contributed by atoms with van der Waals surface area (Å²) in [7, 11) is 1.43. The van der Waals surface area contributed by atoms with Crippen molar-refractivity contribution in [2.75, 3.05) is 13.6 Å². The lowest BCUT2D eigenvalue weighted by molar-refractivity contribution is -0.119.